The van der Waals surface area contributed by atoms with Crippen molar-refractivity contribution in [3.63, 3.8) is 0 Å². The number of pyridine rings is 1. The average Bonchev–Trinajstić information content (AvgIpc) is 2.43. The topological polar surface area (TPSA) is 124 Å². The Morgan fingerprint density at radius 1 is 1.05 bits per heavy atom. The Balaban J connectivity index is 3.18. The molecule has 1 rings (SSSR count). The number of hydrogen-bond donors (Lipinski definition) is 6. The summed E-state index contributed by atoms with van der Waals surface area (Å²) in [7, 11) is 0. The van der Waals surface area contributed by atoms with Crippen LogP contribution in [-0.2, 0) is 6.18 Å². The van der Waals surface area contributed by atoms with E-state index in [1.54, 1.807) is 0 Å². The standard InChI is InChI=1S/C10H15F3N4O3/c11-10(12,13)6-1-7(15-8(2-6)17-14)16-9(3-18,4-19)5-20/h1-2,18-20H,3-5,14H2,(H2,15,16,17). The van der Waals surface area contributed by atoms with E-state index in [-0.39, 0.29) is 11.6 Å². The van der Waals surface area contributed by atoms with Gasteiger partial charge in [-0.15, -0.1) is 0 Å². The lowest BCUT2D eigenvalue weighted by Crippen LogP contribution is -2.49. The summed E-state index contributed by atoms with van der Waals surface area (Å²) >= 11 is 0. The molecule has 10 heteroatoms. The van der Waals surface area contributed by atoms with Crippen LogP contribution in [0.1, 0.15) is 5.56 Å². The Hall–Kier alpha value is -1.62. The average molecular weight is 296 g/mol. The quantitative estimate of drug-likeness (QED) is 0.309. The number of nitrogens with zero attached hydrogens (tertiary/aromatic N) is 1. The zero-order valence-electron chi connectivity index (χ0n) is 10.3. The molecule has 1 aromatic heterocycles. The van der Waals surface area contributed by atoms with Gasteiger partial charge >= 0.3 is 6.18 Å². The van der Waals surface area contributed by atoms with Gasteiger partial charge in [-0.2, -0.15) is 13.2 Å². The highest BCUT2D eigenvalue weighted by molar-refractivity contribution is 5.50. The van der Waals surface area contributed by atoms with Crippen molar-refractivity contribution in [3.05, 3.63) is 17.7 Å². The third-order valence-electron chi connectivity index (χ3n) is 2.60. The normalized spacial score (nSPS) is 12.3. The van der Waals surface area contributed by atoms with E-state index in [1.807, 2.05) is 5.43 Å². The number of aliphatic hydroxyl groups is 3. The molecule has 1 aromatic rings. The highest BCUT2D eigenvalue weighted by Crippen LogP contribution is 2.32. The molecular weight excluding hydrogens is 281 g/mol. The summed E-state index contributed by atoms with van der Waals surface area (Å²) < 4.78 is 38.1. The van der Waals surface area contributed by atoms with Gasteiger partial charge in [0.1, 0.15) is 17.2 Å². The van der Waals surface area contributed by atoms with Crippen LogP contribution in [-0.4, -0.2) is 45.7 Å². The second kappa shape index (κ2) is 6.22. The number of nitrogens with two attached hydrogens (primary N) is 1. The Bertz CT molecular complexity index is 444. The minimum Gasteiger partial charge on any atom is -0.394 e. The van der Waals surface area contributed by atoms with Gasteiger partial charge in [0.15, 0.2) is 0 Å². The maximum Gasteiger partial charge on any atom is 0.416 e. The Morgan fingerprint density at radius 3 is 1.95 bits per heavy atom. The van der Waals surface area contributed by atoms with Gasteiger partial charge in [-0.25, -0.2) is 10.8 Å². The summed E-state index contributed by atoms with van der Waals surface area (Å²) in [5.74, 6) is 4.48. The SMILES string of the molecule is NNc1cc(C(F)(F)F)cc(NC(CO)(CO)CO)n1. The van der Waals surface area contributed by atoms with Crippen molar-refractivity contribution in [2.45, 2.75) is 11.7 Å². The van der Waals surface area contributed by atoms with E-state index in [2.05, 4.69) is 10.3 Å². The summed E-state index contributed by atoms with van der Waals surface area (Å²) in [4.78, 5) is 3.71. The number of halogens is 3. The largest absolute Gasteiger partial charge is 0.416 e. The first-order valence-electron chi connectivity index (χ1n) is 5.47. The second-order valence-electron chi connectivity index (χ2n) is 4.15. The molecule has 0 aliphatic rings. The van der Waals surface area contributed by atoms with Crippen molar-refractivity contribution in [3.8, 4) is 0 Å². The van der Waals surface area contributed by atoms with Crippen LogP contribution in [0.5, 0.6) is 0 Å². The zero-order valence-corrected chi connectivity index (χ0v) is 10.3. The first kappa shape index (κ1) is 16.4. The van der Waals surface area contributed by atoms with Gasteiger partial charge in [0.25, 0.3) is 0 Å². The minimum absolute atomic E-state index is 0.259. The molecule has 0 saturated heterocycles. The molecule has 0 spiro atoms. The molecule has 1 heterocycles. The maximum absolute atomic E-state index is 12.7. The van der Waals surface area contributed by atoms with Crippen molar-refractivity contribution in [2.24, 2.45) is 5.84 Å². The fourth-order valence-electron chi connectivity index (χ4n) is 1.37. The van der Waals surface area contributed by atoms with Crippen molar-refractivity contribution in [2.75, 3.05) is 30.6 Å². The van der Waals surface area contributed by atoms with Crippen LogP contribution in [0.15, 0.2) is 12.1 Å². The van der Waals surface area contributed by atoms with Crippen molar-refractivity contribution in [1.82, 2.24) is 4.98 Å². The lowest BCUT2D eigenvalue weighted by Gasteiger charge is -2.29. The predicted octanol–water partition coefficient (Wildman–Crippen LogP) is -0.486. The molecule has 20 heavy (non-hydrogen) atoms. The summed E-state index contributed by atoms with van der Waals surface area (Å²) in [6, 6.07) is 1.38. The fraction of sp³-hybridized carbons (Fsp3) is 0.500. The van der Waals surface area contributed by atoms with E-state index >= 15 is 0 Å². The van der Waals surface area contributed by atoms with Crippen LogP contribution >= 0.6 is 0 Å². The van der Waals surface area contributed by atoms with E-state index in [0.717, 1.165) is 0 Å². The summed E-state index contributed by atoms with van der Waals surface area (Å²) in [6.45, 7) is -2.12. The smallest absolute Gasteiger partial charge is 0.394 e. The molecule has 0 aliphatic heterocycles. The summed E-state index contributed by atoms with van der Waals surface area (Å²) in [6.07, 6.45) is -4.62. The van der Waals surface area contributed by atoms with Crippen LogP contribution in [0.3, 0.4) is 0 Å². The number of alkyl halides is 3. The van der Waals surface area contributed by atoms with E-state index in [4.69, 9.17) is 21.2 Å². The zero-order chi connectivity index (χ0) is 15.4. The highest BCUT2D eigenvalue weighted by Gasteiger charge is 2.33. The maximum atomic E-state index is 12.7. The van der Waals surface area contributed by atoms with Crippen molar-refractivity contribution < 1.29 is 28.5 Å². The number of nitrogen functional groups attached to an aromatic ring is 1. The van der Waals surface area contributed by atoms with E-state index < -0.39 is 37.1 Å². The number of rotatable bonds is 6. The van der Waals surface area contributed by atoms with Crippen LogP contribution in [0.2, 0.25) is 0 Å². The third kappa shape index (κ3) is 3.70. The lowest BCUT2D eigenvalue weighted by atomic mass is 10.0. The van der Waals surface area contributed by atoms with Gasteiger partial charge in [-0.3, -0.25) is 0 Å². The monoisotopic (exact) mass is 296 g/mol. The summed E-state index contributed by atoms with van der Waals surface area (Å²) in [5.41, 5.74) is -0.636. The molecule has 0 amide bonds. The number of aliphatic hydroxyl groups excluding tert-OH is 3. The predicted molar refractivity (Wildman–Crippen MR) is 64.7 cm³/mol. The van der Waals surface area contributed by atoms with Gasteiger partial charge in [-0.1, -0.05) is 0 Å². The molecule has 0 atom stereocenters. The second-order valence-corrected chi connectivity index (χ2v) is 4.15. The van der Waals surface area contributed by atoms with Crippen molar-refractivity contribution in [1.29, 1.82) is 0 Å². The van der Waals surface area contributed by atoms with Gasteiger partial charge in [-0.05, 0) is 12.1 Å². The molecule has 0 aliphatic carbocycles. The molecule has 0 aromatic carbocycles. The molecule has 114 valence electrons. The molecular formula is C10H15F3N4O3. The number of hydrogen-bond acceptors (Lipinski definition) is 7. The molecule has 0 unspecified atom stereocenters. The van der Waals surface area contributed by atoms with E-state index in [9.17, 15) is 13.2 Å². The van der Waals surface area contributed by atoms with Gasteiger partial charge in [0, 0.05) is 0 Å². The number of nitrogens with one attached hydrogen (secondary N) is 2. The van der Waals surface area contributed by atoms with E-state index in [0.29, 0.717) is 12.1 Å². The van der Waals surface area contributed by atoms with Crippen LogP contribution in [0.25, 0.3) is 0 Å². The Kier molecular flexibility index (Phi) is 5.11. The molecule has 0 saturated carbocycles. The summed E-state index contributed by atoms with van der Waals surface area (Å²) in [5, 5.41) is 29.7. The first-order valence-corrected chi connectivity index (χ1v) is 5.47. The number of anilines is 2. The highest BCUT2D eigenvalue weighted by atomic mass is 19.4. The number of hydrazine groups is 1. The van der Waals surface area contributed by atoms with Gasteiger partial charge in [0.2, 0.25) is 0 Å². The Morgan fingerprint density at radius 2 is 1.55 bits per heavy atom. The lowest BCUT2D eigenvalue weighted by molar-refractivity contribution is -0.137. The van der Waals surface area contributed by atoms with Gasteiger partial charge in [0.05, 0.1) is 25.4 Å². The van der Waals surface area contributed by atoms with Crippen molar-refractivity contribution >= 4 is 11.6 Å². The Labute approximate surface area is 112 Å². The van der Waals surface area contributed by atoms with Gasteiger partial charge < -0.3 is 26.1 Å². The van der Waals surface area contributed by atoms with Crippen LogP contribution in [0, 0.1) is 0 Å². The third-order valence-corrected chi connectivity index (χ3v) is 2.60. The first-order chi connectivity index (χ1) is 9.30. The molecule has 0 radical (unpaired) electrons. The molecule has 0 fully saturated rings. The van der Waals surface area contributed by atoms with Crippen LogP contribution < -0.4 is 16.6 Å². The minimum atomic E-state index is -4.62. The van der Waals surface area contributed by atoms with E-state index in [1.165, 1.54) is 0 Å². The molecule has 7 N–H and O–H groups in total. The molecule has 0 bridgehead atoms. The molecule has 7 nitrogen and oxygen atoms in total. The number of aromatic nitrogens is 1. The fourth-order valence-corrected chi connectivity index (χ4v) is 1.37. The van der Waals surface area contributed by atoms with Crippen LogP contribution in [0.4, 0.5) is 24.8 Å².